The van der Waals surface area contributed by atoms with Crippen molar-refractivity contribution in [2.24, 2.45) is 5.92 Å². The van der Waals surface area contributed by atoms with Gasteiger partial charge in [0, 0.05) is 49.7 Å². The molecule has 1 fully saturated rings. The Bertz CT molecular complexity index is 725. The van der Waals surface area contributed by atoms with Crippen molar-refractivity contribution in [1.82, 2.24) is 15.3 Å². The summed E-state index contributed by atoms with van der Waals surface area (Å²) in [6, 6.07) is 9.28. The predicted octanol–water partition coefficient (Wildman–Crippen LogP) is 2.65. The van der Waals surface area contributed by atoms with Crippen LogP contribution in [0.2, 0.25) is 0 Å². The number of benzene rings is 1. The molecule has 1 amide bonds. The molecule has 1 aliphatic rings. The zero-order valence-corrected chi connectivity index (χ0v) is 14.7. The lowest BCUT2D eigenvalue weighted by molar-refractivity contribution is 0.0950. The van der Waals surface area contributed by atoms with Crippen LogP contribution in [0.25, 0.3) is 11.4 Å². The van der Waals surface area contributed by atoms with E-state index in [-0.39, 0.29) is 5.91 Å². The van der Waals surface area contributed by atoms with E-state index in [1.54, 1.807) is 0 Å². The molecule has 6 heteroatoms. The van der Waals surface area contributed by atoms with Crippen molar-refractivity contribution in [3.05, 3.63) is 41.6 Å². The van der Waals surface area contributed by atoms with Crippen LogP contribution in [0.4, 0.5) is 5.82 Å². The number of hydrogen-bond donors (Lipinski definition) is 2. The van der Waals surface area contributed by atoms with Crippen LogP contribution in [0.1, 0.15) is 28.9 Å². The van der Waals surface area contributed by atoms with E-state index in [2.05, 4.69) is 20.6 Å². The summed E-state index contributed by atoms with van der Waals surface area (Å²) in [7, 11) is 1.83. The Morgan fingerprint density at radius 3 is 2.76 bits per heavy atom. The van der Waals surface area contributed by atoms with E-state index in [4.69, 9.17) is 4.74 Å². The average molecular weight is 340 g/mol. The van der Waals surface area contributed by atoms with Crippen molar-refractivity contribution in [1.29, 1.82) is 0 Å². The van der Waals surface area contributed by atoms with E-state index in [9.17, 15) is 4.79 Å². The molecular formula is C19H24N4O2. The number of hydrogen-bond acceptors (Lipinski definition) is 5. The molecule has 1 atom stereocenters. The first-order chi connectivity index (χ1) is 12.2. The number of aromatic nitrogens is 2. The molecule has 1 unspecified atom stereocenters. The maximum atomic E-state index is 12.2. The summed E-state index contributed by atoms with van der Waals surface area (Å²) in [5, 5.41) is 6.01. The van der Waals surface area contributed by atoms with E-state index in [1.165, 1.54) is 0 Å². The van der Waals surface area contributed by atoms with E-state index in [1.807, 2.05) is 44.3 Å². The molecule has 0 aliphatic carbocycles. The zero-order valence-electron chi connectivity index (χ0n) is 14.7. The van der Waals surface area contributed by atoms with E-state index in [0.29, 0.717) is 23.9 Å². The van der Waals surface area contributed by atoms with Gasteiger partial charge in [0.15, 0.2) is 5.82 Å². The fourth-order valence-corrected chi connectivity index (χ4v) is 2.90. The Balaban J connectivity index is 1.61. The van der Waals surface area contributed by atoms with Crippen LogP contribution in [-0.2, 0) is 4.74 Å². The number of ether oxygens (including phenoxy) is 1. The molecule has 6 nitrogen and oxygen atoms in total. The van der Waals surface area contributed by atoms with Crippen LogP contribution >= 0.6 is 0 Å². The maximum absolute atomic E-state index is 12.2. The number of aryl methyl sites for hydroxylation is 1. The van der Waals surface area contributed by atoms with Gasteiger partial charge in [-0.1, -0.05) is 12.1 Å². The number of nitrogens with zero attached hydrogens (tertiary/aromatic N) is 2. The van der Waals surface area contributed by atoms with Gasteiger partial charge in [-0.25, -0.2) is 9.97 Å². The van der Waals surface area contributed by atoms with E-state index < -0.39 is 0 Å². The van der Waals surface area contributed by atoms with Crippen LogP contribution in [0.5, 0.6) is 0 Å². The number of nitrogens with one attached hydrogen (secondary N) is 2. The average Bonchev–Trinajstić information content (AvgIpc) is 3.14. The van der Waals surface area contributed by atoms with Gasteiger partial charge in [-0.3, -0.25) is 4.79 Å². The molecule has 2 heterocycles. The summed E-state index contributed by atoms with van der Waals surface area (Å²) >= 11 is 0. The van der Waals surface area contributed by atoms with Gasteiger partial charge in [-0.2, -0.15) is 0 Å². The Kier molecular flexibility index (Phi) is 5.60. The minimum Gasteiger partial charge on any atom is -0.381 e. The lowest BCUT2D eigenvalue weighted by Gasteiger charge is -2.09. The monoisotopic (exact) mass is 340 g/mol. The molecule has 0 radical (unpaired) electrons. The summed E-state index contributed by atoms with van der Waals surface area (Å²) < 4.78 is 5.35. The number of rotatable bonds is 6. The van der Waals surface area contributed by atoms with Crippen molar-refractivity contribution in [3.63, 3.8) is 0 Å². The first kappa shape index (κ1) is 17.4. The number of amides is 1. The molecular weight excluding hydrogens is 316 g/mol. The summed E-state index contributed by atoms with van der Waals surface area (Å²) in [5.74, 6) is 1.95. The minimum absolute atomic E-state index is 0.0495. The molecule has 0 bridgehead atoms. The van der Waals surface area contributed by atoms with Crippen LogP contribution in [0, 0.1) is 12.8 Å². The molecule has 1 saturated heterocycles. The largest absolute Gasteiger partial charge is 0.381 e. The Hall–Kier alpha value is -2.47. The Morgan fingerprint density at radius 2 is 2.08 bits per heavy atom. The predicted molar refractivity (Wildman–Crippen MR) is 97.6 cm³/mol. The first-order valence-corrected chi connectivity index (χ1v) is 8.65. The molecule has 0 saturated carbocycles. The van der Waals surface area contributed by atoms with Gasteiger partial charge in [-0.05, 0) is 37.8 Å². The third-order valence-electron chi connectivity index (χ3n) is 4.38. The number of anilines is 1. The van der Waals surface area contributed by atoms with E-state index in [0.717, 1.165) is 43.1 Å². The van der Waals surface area contributed by atoms with Gasteiger partial charge >= 0.3 is 0 Å². The topological polar surface area (TPSA) is 76.1 Å². The summed E-state index contributed by atoms with van der Waals surface area (Å²) in [6.45, 7) is 4.27. The van der Waals surface area contributed by atoms with Crippen molar-refractivity contribution in [2.45, 2.75) is 19.8 Å². The smallest absolute Gasteiger partial charge is 0.251 e. The van der Waals surface area contributed by atoms with Crippen LogP contribution < -0.4 is 10.6 Å². The van der Waals surface area contributed by atoms with Crippen LogP contribution in [0.15, 0.2) is 30.3 Å². The SMILES string of the molecule is CNc1cc(C)nc(-c2ccc(C(=O)NCCC3CCOC3)cc2)n1. The van der Waals surface area contributed by atoms with Gasteiger partial charge in [0.1, 0.15) is 5.82 Å². The third-order valence-corrected chi connectivity index (χ3v) is 4.38. The van der Waals surface area contributed by atoms with E-state index >= 15 is 0 Å². The normalized spacial score (nSPS) is 16.6. The quantitative estimate of drug-likeness (QED) is 0.845. The molecule has 25 heavy (non-hydrogen) atoms. The van der Waals surface area contributed by atoms with Crippen LogP contribution in [0.3, 0.4) is 0 Å². The molecule has 0 spiro atoms. The highest BCUT2D eigenvalue weighted by Crippen LogP contribution is 2.19. The van der Waals surface area contributed by atoms with Crippen molar-refractivity contribution in [2.75, 3.05) is 32.1 Å². The molecule has 1 aliphatic heterocycles. The number of carbonyl (C=O) groups is 1. The molecule has 2 aromatic rings. The fraction of sp³-hybridized carbons (Fsp3) is 0.421. The molecule has 1 aromatic carbocycles. The summed E-state index contributed by atoms with van der Waals surface area (Å²) in [5.41, 5.74) is 2.43. The lowest BCUT2D eigenvalue weighted by Crippen LogP contribution is -2.26. The highest BCUT2D eigenvalue weighted by Gasteiger charge is 2.15. The Labute approximate surface area is 148 Å². The van der Waals surface area contributed by atoms with Gasteiger partial charge in [0.05, 0.1) is 0 Å². The molecule has 1 aromatic heterocycles. The zero-order chi connectivity index (χ0) is 17.6. The minimum atomic E-state index is -0.0495. The molecule has 132 valence electrons. The first-order valence-electron chi connectivity index (χ1n) is 8.65. The fourth-order valence-electron chi connectivity index (χ4n) is 2.90. The Morgan fingerprint density at radius 1 is 1.28 bits per heavy atom. The van der Waals surface area contributed by atoms with Gasteiger partial charge in [-0.15, -0.1) is 0 Å². The summed E-state index contributed by atoms with van der Waals surface area (Å²) in [4.78, 5) is 21.1. The van der Waals surface area contributed by atoms with Crippen molar-refractivity contribution >= 4 is 11.7 Å². The summed E-state index contributed by atoms with van der Waals surface area (Å²) in [6.07, 6.45) is 2.06. The van der Waals surface area contributed by atoms with Gasteiger partial charge in [0.25, 0.3) is 5.91 Å². The molecule has 3 rings (SSSR count). The second-order valence-electron chi connectivity index (χ2n) is 6.32. The number of carbonyl (C=O) groups excluding carboxylic acids is 1. The maximum Gasteiger partial charge on any atom is 0.251 e. The lowest BCUT2D eigenvalue weighted by atomic mass is 10.1. The highest BCUT2D eigenvalue weighted by atomic mass is 16.5. The van der Waals surface area contributed by atoms with Crippen molar-refractivity contribution < 1.29 is 9.53 Å². The third kappa shape index (κ3) is 4.54. The van der Waals surface area contributed by atoms with Crippen LogP contribution in [-0.4, -0.2) is 42.7 Å². The van der Waals surface area contributed by atoms with Gasteiger partial charge < -0.3 is 15.4 Å². The second kappa shape index (κ2) is 8.07. The molecule has 2 N–H and O–H groups in total. The second-order valence-corrected chi connectivity index (χ2v) is 6.32. The standard InChI is InChI=1S/C19H24N4O2/c1-13-11-17(20-2)23-18(22-13)15-3-5-16(6-4-15)19(24)21-9-7-14-8-10-25-12-14/h3-6,11,14H,7-10,12H2,1-2H3,(H,21,24)(H,20,22,23). The highest BCUT2D eigenvalue weighted by molar-refractivity contribution is 5.94. The van der Waals surface area contributed by atoms with Gasteiger partial charge in [0.2, 0.25) is 0 Å². The van der Waals surface area contributed by atoms with Crippen molar-refractivity contribution in [3.8, 4) is 11.4 Å².